The molecule has 6 heteroatoms. The number of carbonyl (C=O) groups excluding carboxylic acids is 1. The number of hydrogen-bond donors (Lipinski definition) is 3. The molecule has 0 heterocycles. The number of carboxylic acid groups (broad SMARTS) is 1. The van der Waals surface area contributed by atoms with E-state index in [-0.39, 0.29) is 5.92 Å². The quantitative estimate of drug-likeness (QED) is 0.799. The summed E-state index contributed by atoms with van der Waals surface area (Å²) >= 11 is 0. The van der Waals surface area contributed by atoms with Crippen LogP contribution in [0.1, 0.15) is 25.7 Å². The molecule has 2 unspecified atom stereocenters. The number of rotatable bonds is 4. The number of aliphatic carboxylic acids is 1. The van der Waals surface area contributed by atoms with Crippen LogP contribution < -0.4 is 10.6 Å². The third-order valence-electron chi connectivity index (χ3n) is 3.83. The summed E-state index contributed by atoms with van der Waals surface area (Å²) in [7, 11) is 0. The van der Waals surface area contributed by atoms with Crippen molar-refractivity contribution in [3.63, 3.8) is 0 Å². The number of benzene rings is 1. The summed E-state index contributed by atoms with van der Waals surface area (Å²) in [5, 5.41) is 14.4. The Balaban J connectivity index is 1.84. The largest absolute Gasteiger partial charge is 0.481 e. The molecule has 0 aliphatic heterocycles. The lowest BCUT2D eigenvalue weighted by Gasteiger charge is -2.28. The highest BCUT2D eigenvalue weighted by molar-refractivity contribution is 5.89. The zero-order valence-corrected chi connectivity index (χ0v) is 11.6. The first-order chi connectivity index (χ1) is 10.1. The van der Waals surface area contributed by atoms with Gasteiger partial charge in [0.25, 0.3) is 0 Å². The standard InChI is InChI=1S/C15H19FN2O3/c16-11-5-3-6-12(8-11)18-15(21)17-9-10-4-1-2-7-13(10)14(19)20/h3,5-6,8,10,13H,1-2,4,7,9H2,(H,19,20)(H2,17,18,21). The molecule has 5 nitrogen and oxygen atoms in total. The van der Waals surface area contributed by atoms with E-state index in [2.05, 4.69) is 10.6 Å². The van der Waals surface area contributed by atoms with E-state index in [0.717, 1.165) is 19.3 Å². The maximum atomic E-state index is 13.0. The highest BCUT2D eigenvalue weighted by Gasteiger charge is 2.30. The average Bonchev–Trinajstić information content (AvgIpc) is 2.45. The van der Waals surface area contributed by atoms with E-state index in [1.54, 1.807) is 6.07 Å². The molecule has 1 aliphatic rings. The summed E-state index contributed by atoms with van der Waals surface area (Å²) < 4.78 is 13.0. The maximum absolute atomic E-state index is 13.0. The van der Waals surface area contributed by atoms with E-state index in [1.807, 2.05) is 0 Å². The molecule has 21 heavy (non-hydrogen) atoms. The molecule has 2 rings (SSSR count). The van der Waals surface area contributed by atoms with E-state index >= 15 is 0 Å². The lowest BCUT2D eigenvalue weighted by molar-refractivity contribution is -0.144. The van der Waals surface area contributed by atoms with Crippen molar-refractivity contribution in [2.45, 2.75) is 25.7 Å². The number of anilines is 1. The topological polar surface area (TPSA) is 78.4 Å². The summed E-state index contributed by atoms with van der Waals surface area (Å²) in [6.45, 7) is 0.318. The van der Waals surface area contributed by atoms with Gasteiger partial charge < -0.3 is 15.7 Å². The summed E-state index contributed by atoms with van der Waals surface area (Å²) in [4.78, 5) is 22.9. The van der Waals surface area contributed by atoms with E-state index in [0.29, 0.717) is 18.7 Å². The molecule has 0 aromatic heterocycles. The fraction of sp³-hybridized carbons (Fsp3) is 0.467. The third-order valence-corrected chi connectivity index (χ3v) is 3.83. The van der Waals surface area contributed by atoms with Gasteiger partial charge in [-0.05, 0) is 37.0 Å². The average molecular weight is 294 g/mol. The Bertz CT molecular complexity index is 521. The fourth-order valence-corrected chi connectivity index (χ4v) is 2.74. The van der Waals surface area contributed by atoms with E-state index < -0.39 is 23.7 Å². The van der Waals surface area contributed by atoms with Crippen LogP contribution in [-0.4, -0.2) is 23.7 Å². The van der Waals surface area contributed by atoms with Crippen LogP contribution in [0.2, 0.25) is 0 Å². The second kappa shape index (κ2) is 7.06. The molecule has 114 valence electrons. The van der Waals surface area contributed by atoms with Gasteiger partial charge in [0, 0.05) is 12.2 Å². The first-order valence-electron chi connectivity index (χ1n) is 7.09. The predicted molar refractivity (Wildman–Crippen MR) is 76.5 cm³/mol. The first kappa shape index (κ1) is 15.3. The summed E-state index contributed by atoms with van der Waals surface area (Å²) in [5.41, 5.74) is 0.367. The molecule has 1 fully saturated rings. The van der Waals surface area contributed by atoms with Gasteiger partial charge in [0.2, 0.25) is 0 Å². The Labute approximate surface area is 122 Å². The molecule has 0 bridgehead atoms. The van der Waals surface area contributed by atoms with Crippen LogP contribution in [-0.2, 0) is 4.79 Å². The second-order valence-electron chi connectivity index (χ2n) is 5.33. The van der Waals surface area contributed by atoms with Crippen LogP contribution in [0.4, 0.5) is 14.9 Å². The maximum Gasteiger partial charge on any atom is 0.319 e. The van der Waals surface area contributed by atoms with Crippen molar-refractivity contribution in [2.24, 2.45) is 11.8 Å². The minimum atomic E-state index is -0.799. The Kier molecular flexibility index (Phi) is 5.14. The van der Waals surface area contributed by atoms with Crippen LogP contribution in [0.5, 0.6) is 0 Å². The van der Waals surface area contributed by atoms with Crippen molar-refractivity contribution in [1.29, 1.82) is 0 Å². The Morgan fingerprint density at radius 2 is 2.05 bits per heavy atom. The Morgan fingerprint density at radius 1 is 1.29 bits per heavy atom. The van der Waals surface area contributed by atoms with Gasteiger partial charge in [0.1, 0.15) is 5.82 Å². The molecule has 0 radical (unpaired) electrons. The van der Waals surface area contributed by atoms with E-state index in [9.17, 15) is 14.0 Å². The van der Waals surface area contributed by atoms with E-state index in [1.165, 1.54) is 18.2 Å². The number of carbonyl (C=O) groups is 2. The van der Waals surface area contributed by atoms with Crippen molar-refractivity contribution in [1.82, 2.24) is 5.32 Å². The Hall–Kier alpha value is -2.11. The van der Waals surface area contributed by atoms with Crippen LogP contribution in [0.15, 0.2) is 24.3 Å². The fourth-order valence-electron chi connectivity index (χ4n) is 2.74. The minimum Gasteiger partial charge on any atom is -0.481 e. The number of amides is 2. The minimum absolute atomic E-state index is 0.0468. The summed E-state index contributed by atoms with van der Waals surface area (Å²) in [6.07, 6.45) is 3.37. The van der Waals surface area contributed by atoms with Gasteiger partial charge >= 0.3 is 12.0 Å². The van der Waals surface area contributed by atoms with Gasteiger partial charge in [-0.25, -0.2) is 9.18 Å². The first-order valence-corrected chi connectivity index (χ1v) is 7.09. The second-order valence-corrected chi connectivity index (χ2v) is 5.33. The molecule has 1 aromatic carbocycles. The van der Waals surface area contributed by atoms with Crippen LogP contribution in [0.25, 0.3) is 0 Å². The van der Waals surface area contributed by atoms with Gasteiger partial charge in [-0.2, -0.15) is 0 Å². The molecule has 2 atom stereocenters. The molecular weight excluding hydrogens is 275 g/mol. The van der Waals surface area contributed by atoms with Crippen molar-refractivity contribution in [2.75, 3.05) is 11.9 Å². The van der Waals surface area contributed by atoms with Crippen molar-refractivity contribution in [3.05, 3.63) is 30.1 Å². The third kappa shape index (κ3) is 4.44. The number of urea groups is 1. The smallest absolute Gasteiger partial charge is 0.319 e. The predicted octanol–water partition coefficient (Wildman–Crippen LogP) is 2.84. The zero-order chi connectivity index (χ0) is 15.2. The molecule has 0 spiro atoms. The van der Waals surface area contributed by atoms with Gasteiger partial charge in [-0.15, -0.1) is 0 Å². The van der Waals surface area contributed by atoms with Gasteiger partial charge in [0.15, 0.2) is 0 Å². The lowest BCUT2D eigenvalue weighted by atomic mass is 9.79. The molecule has 1 aromatic rings. The lowest BCUT2D eigenvalue weighted by Crippen LogP contribution is -2.38. The van der Waals surface area contributed by atoms with Gasteiger partial charge in [-0.1, -0.05) is 18.9 Å². The SMILES string of the molecule is O=C(NCC1CCCCC1C(=O)O)Nc1cccc(F)c1. The highest BCUT2D eigenvalue weighted by Crippen LogP contribution is 2.29. The number of hydrogen-bond acceptors (Lipinski definition) is 2. The molecule has 1 aliphatic carbocycles. The van der Waals surface area contributed by atoms with E-state index in [4.69, 9.17) is 5.11 Å². The van der Waals surface area contributed by atoms with Gasteiger partial charge in [-0.3, -0.25) is 4.79 Å². The van der Waals surface area contributed by atoms with Crippen LogP contribution in [0, 0.1) is 17.7 Å². The summed E-state index contributed by atoms with van der Waals surface area (Å²) in [5.74, 6) is -1.67. The molecule has 2 amide bonds. The van der Waals surface area contributed by atoms with Crippen molar-refractivity contribution >= 4 is 17.7 Å². The monoisotopic (exact) mass is 294 g/mol. The summed E-state index contributed by atoms with van der Waals surface area (Å²) in [6, 6.07) is 5.16. The highest BCUT2D eigenvalue weighted by atomic mass is 19.1. The van der Waals surface area contributed by atoms with Crippen LogP contribution in [0.3, 0.4) is 0 Å². The van der Waals surface area contributed by atoms with Crippen molar-refractivity contribution < 1.29 is 19.1 Å². The number of carboxylic acids is 1. The van der Waals surface area contributed by atoms with Crippen LogP contribution >= 0.6 is 0 Å². The normalized spacial score (nSPS) is 21.6. The molecule has 1 saturated carbocycles. The van der Waals surface area contributed by atoms with Gasteiger partial charge in [0.05, 0.1) is 5.92 Å². The van der Waals surface area contributed by atoms with Crippen molar-refractivity contribution in [3.8, 4) is 0 Å². The molecule has 3 N–H and O–H groups in total. The Morgan fingerprint density at radius 3 is 2.76 bits per heavy atom. The molecule has 0 saturated heterocycles. The number of halogens is 1. The molecular formula is C15H19FN2O3. The zero-order valence-electron chi connectivity index (χ0n) is 11.6. The number of nitrogens with one attached hydrogen (secondary N) is 2.